The van der Waals surface area contributed by atoms with E-state index in [0.29, 0.717) is 15.2 Å². The van der Waals surface area contributed by atoms with Gasteiger partial charge < -0.3 is 10.1 Å². The number of hydrogen-bond donors (Lipinski definition) is 2. The Morgan fingerprint density at radius 1 is 0.938 bits per heavy atom. The van der Waals surface area contributed by atoms with E-state index in [1.807, 2.05) is 73.7 Å². The summed E-state index contributed by atoms with van der Waals surface area (Å²) in [5, 5.41) is 16.0. The van der Waals surface area contributed by atoms with Crippen LogP contribution < -0.4 is 15.4 Å². The lowest BCUT2D eigenvalue weighted by molar-refractivity contribution is -0.118. The predicted molar refractivity (Wildman–Crippen MR) is 129 cm³/mol. The second kappa shape index (κ2) is 10.3. The van der Waals surface area contributed by atoms with Gasteiger partial charge in [-0.25, -0.2) is 0 Å². The number of ether oxygens (including phenoxy) is 1. The van der Waals surface area contributed by atoms with Crippen LogP contribution in [0, 0.1) is 6.92 Å². The summed E-state index contributed by atoms with van der Waals surface area (Å²) in [6, 6.07) is 21.2. The lowest BCUT2D eigenvalue weighted by Crippen LogP contribution is -2.20. The minimum atomic E-state index is -0.331. The lowest BCUT2D eigenvalue weighted by atomic mass is 10.1. The van der Waals surface area contributed by atoms with Gasteiger partial charge in [-0.3, -0.25) is 14.9 Å². The van der Waals surface area contributed by atoms with Crippen LogP contribution in [-0.2, 0) is 9.59 Å². The number of anilines is 2. The van der Waals surface area contributed by atoms with Crippen molar-refractivity contribution in [2.75, 3.05) is 23.0 Å². The highest BCUT2D eigenvalue weighted by Gasteiger charge is 2.11. The number of carbonyl (C=O) groups is 2. The molecule has 0 fully saturated rings. The summed E-state index contributed by atoms with van der Waals surface area (Å²) in [5.41, 5.74) is 1.83. The second-order valence-electron chi connectivity index (χ2n) is 6.93. The Balaban J connectivity index is 1.23. The van der Waals surface area contributed by atoms with E-state index in [9.17, 15) is 9.59 Å². The second-order valence-corrected chi connectivity index (χ2v) is 9.13. The molecule has 1 heterocycles. The molecule has 7 nitrogen and oxygen atoms in total. The molecule has 4 rings (SSSR count). The molecule has 0 unspecified atom stereocenters. The van der Waals surface area contributed by atoms with Crippen molar-refractivity contribution in [3.63, 3.8) is 0 Å². The van der Waals surface area contributed by atoms with Crippen molar-refractivity contribution in [3.05, 3.63) is 72.3 Å². The maximum atomic E-state index is 12.2. The zero-order valence-corrected chi connectivity index (χ0v) is 18.8. The summed E-state index contributed by atoms with van der Waals surface area (Å²) in [6.45, 7) is 1.83. The van der Waals surface area contributed by atoms with Crippen LogP contribution in [0.3, 0.4) is 0 Å². The van der Waals surface area contributed by atoms with Gasteiger partial charge in [0.2, 0.25) is 11.0 Å². The van der Waals surface area contributed by atoms with Gasteiger partial charge in [-0.05, 0) is 47.5 Å². The van der Waals surface area contributed by atoms with Crippen LogP contribution in [0.5, 0.6) is 5.75 Å². The third-order valence-electron chi connectivity index (χ3n) is 4.37. The fourth-order valence-electron chi connectivity index (χ4n) is 2.93. The number of hydrogen-bond acceptors (Lipinski definition) is 7. The minimum Gasteiger partial charge on any atom is -0.484 e. The first-order chi connectivity index (χ1) is 15.5. The Labute approximate surface area is 193 Å². The van der Waals surface area contributed by atoms with Crippen molar-refractivity contribution in [2.24, 2.45) is 0 Å². The summed E-state index contributed by atoms with van der Waals surface area (Å²) in [7, 11) is 0. The van der Waals surface area contributed by atoms with Crippen LogP contribution in [0.1, 0.15) is 5.56 Å². The van der Waals surface area contributed by atoms with E-state index in [1.54, 1.807) is 0 Å². The van der Waals surface area contributed by atoms with Crippen LogP contribution in [-0.4, -0.2) is 34.4 Å². The normalized spacial score (nSPS) is 10.7. The molecule has 32 heavy (non-hydrogen) atoms. The smallest absolute Gasteiger partial charge is 0.264 e. The molecule has 0 aliphatic rings. The molecule has 0 aliphatic heterocycles. The van der Waals surface area contributed by atoms with Gasteiger partial charge in [0.15, 0.2) is 10.9 Å². The number of carbonyl (C=O) groups excluding carboxylic acids is 2. The highest BCUT2D eigenvalue weighted by Crippen LogP contribution is 2.26. The first kappa shape index (κ1) is 21.8. The zero-order chi connectivity index (χ0) is 22.3. The minimum absolute atomic E-state index is 0.134. The van der Waals surface area contributed by atoms with Crippen LogP contribution in [0.2, 0.25) is 0 Å². The molecule has 3 aromatic carbocycles. The number of rotatable bonds is 8. The fraction of sp³-hybridized carbons (Fsp3) is 0.130. The number of amides is 2. The number of benzene rings is 3. The number of fused-ring (bicyclic) bond motifs is 1. The zero-order valence-electron chi connectivity index (χ0n) is 17.2. The molecule has 0 spiro atoms. The van der Waals surface area contributed by atoms with Crippen molar-refractivity contribution in [1.29, 1.82) is 0 Å². The Kier molecular flexibility index (Phi) is 6.98. The summed E-state index contributed by atoms with van der Waals surface area (Å²) >= 11 is 2.47. The lowest BCUT2D eigenvalue weighted by Gasteiger charge is -2.06. The third-order valence-corrected chi connectivity index (χ3v) is 6.34. The van der Waals surface area contributed by atoms with E-state index in [2.05, 4.69) is 20.8 Å². The molecule has 0 atom stereocenters. The maximum Gasteiger partial charge on any atom is 0.264 e. The van der Waals surface area contributed by atoms with Gasteiger partial charge in [0.05, 0.1) is 5.75 Å². The molecule has 0 saturated carbocycles. The van der Waals surface area contributed by atoms with E-state index in [4.69, 9.17) is 4.74 Å². The van der Waals surface area contributed by atoms with E-state index >= 15 is 0 Å². The van der Waals surface area contributed by atoms with Crippen LogP contribution in [0.4, 0.5) is 10.8 Å². The molecule has 0 saturated heterocycles. The maximum absolute atomic E-state index is 12.2. The molecule has 0 aliphatic carbocycles. The molecule has 2 N–H and O–H groups in total. The number of aryl methyl sites for hydroxylation is 1. The van der Waals surface area contributed by atoms with Crippen molar-refractivity contribution in [2.45, 2.75) is 11.3 Å². The number of nitrogens with one attached hydrogen (secondary N) is 2. The van der Waals surface area contributed by atoms with E-state index in [-0.39, 0.29) is 24.2 Å². The van der Waals surface area contributed by atoms with Crippen molar-refractivity contribution < 1.29 is 14.3 Å². The van der Waals surface area contributed by atoms with E-state index < -0.39 is 0 Å². The van der Waals surface area contributed by atoms with Crippen LogP contribution in [0.15, 0.2) is 71.1 Å². The van der Waals surface area contributed by atoms with E-state index in [0.717, 1.165) is 22.0 Å². The summed E-state index contributed by atoms with van der Waals surface area (Å²) in [5.74, 6) is 0.349. The van der Waals surface area contributed by atoms with Crippen molar-refractivity contribution in [1.82, 2.24) is 10.2 Å². The highest BCUT2D eigenvalue weighted by atomic mass is 32.2. The molecule has 1 aromatic heterocycles. The SMILES string of the molecule is Cc1cccc(NC(=O)CSc2nnc(NC(=O)COc3ccc4ccccc4c3)s2)c1. The molecule has 9 heteroatoms. The largest absolute Gasteiger partial charge is 0.484 e. The summed E-state index contributed by atoms with van der Waals surface area (Å²) < 4.78 is 6.18. The summed E-state index contributed by atoms with van der Waals surface area (Å²) in [4.78, 5) is 24.3. The van der Waals surface area contributed by atoms with Gasteiger partial charge in [-0.1, -0.05) is 65.6 Å². The van der Waals surface area contributed by atoms with E-state index in [1.165, 1.54) is 23.1 Å². The van der Waals surface area contributed by atoms with Gasteiger partial charge in [0.25, 0.3) is 5.91 Å². The number of thioether (sulfide) groups is 1. The predicted octanol–water partition coefficient (Wildman–Crippen LogP) is 4.75. The van der Waals surface area contributed by atoms with Crippen molar-refractivity contribution in [3.8, 4) is 5.75 Å². The molecular formula is C23H20N4O3S2. The Morgan fingerprint density at radius 3 is 2.62 bits per heavy atom. The van der Waals surface area contributed by atoms with Crippen LogP contribution in [0.25, 0.3) is 10.8 Å². The average molecular weight is 465 g/mol. The topological polar surface area (TPSA) is 93.2 Å². The van der Waals surface area contributed by atoms with Gasteiger partial charge in [0, 0.05) is 5.69 Å². The average Bonchev–Trinajstić information content (AvgIpc) is 3.23. The molecular weight excluding hydrogens is 444 g/mol. The summed E-state index contributed by atoms with van der Waals surface area (Å²) in [6.07, 6.45) is 0. The third kappa shape index (κ3) is 6.05. The fourth-order valence-corrected chi connectivity index (χ4v) is 4.50. The monoisotopic (exact) mass is 464 g/mol. The first-order valence-electron chi connectivity index (χ1n) is 9.79. The van der Waals surface area contributed by atoms with Gasteiger partial charge >= 0.3 is 0 Å². The van der Waals surface area contributed by atoms with Crippen LogP contribution >= 0.6 is 23.1 Å². The Morgan fingerprint density at radius 2 is 1.78 bits per heavy atom. The molecule has 0 bridgehead atoms. The highest BCUT2D eigenvalue weighted by molar-refractivity contribution is 8.01. The molecule has 162 valence electrons. The first-order valence-corrected chi connectivity index (χ1v) is 11.6. The molecule has 2 amide bonds. The Hall–Kier alpha value is -3.43. The quantitative estimate of drug-likeness (QED) is 0.289. The molecule has 0 radical (unpaired) electrons. The van der Waals surface area contributed by atoms with Gasteiger partial charge in [-0.2, -0.15) is 0 Å². The van der Waals surface area contributed by atoms with Gasteiger partial charge in [0.1, 0.15) is 5.75 Å². The van der Waals surface area contributed by atoms with Crippen molar-refractivity contribution >= 4 is 56.5 Å². The standard InChI is InChI=1S/C23H20N4O3S2/c1-15-5-4-8-18(11-15)24-21(29)14-31-23-27-26-22(32-23)25-20(28)13-30-19-10-9-16-6-2-3-7-17(16)12-19/h2-12H,13-14H2,1H3,(H,24,29)(H,25,26,28). The Bertz CT molecular complexity index is 1260. The number of nitrogens with zero attached hydrogens (tertiary/aromatic N) is 2. The molecule has 4 aromatic rings. The van der Waals surface area contributed by atoms with Gasteiger partial charge in [-0.15, -0.1) is 10.2 Å². The number of aromatic nitrogens is 2.